The molecule has 2 aliphatic carbocycles. The molecule has 0 saturated heterocycles. The lowest BCUT2D eigenvalue weighted by molar-refractivity contribution is 0.155. The molecule has 0 aromatic heterocycles. The Bertz CT molecular complexity index is 672. The van der Waals surface area contributed by atoms with Crippen LogP contribution in [0.1, 0.15) is 134 Å². The molecule has 3 heteroatoms. The number of benzene rings is 1. The van der Waals surface area contributed by atoms with E-state index in [0.717, 1.165) is 56.3 Å². The van der Waals surface area contributed by atoms with Gasteiger partial charge in [-0.3, -0.25) is 0 Å². The molecule has 1 aromatic rings. The van der Waals surface area contributed by atoms with Crippen LogP contribution in [0.5, 0.6) is 5.75 Å². The predicted octanol–water partition coefficient (Wildman–Crippen LogP) is 9.97. The van der Waals surface area contributed by atoms with Gasteiger partial charge in [0.15, 0.2) is 11.6 Å². The van der Waals surface area contributed by atoms with Crippen LogP contribution >= 0.6 is 0 Å². The van der Waals surface area contributed by atoms with Crippen LogP contribution in [0.3, 0.4) is 0 Å². The monoisotopic (exact) mass is 462 g/mol. The lowest BCUT2D eigenvalue weighted by atomic mass is 9.68. The summed E-state index contributed by atoms with van der Waals surface area (Å²) in [6, 6.07) is 3.44. The molecule has 0 bridgehead atoms. The highest BCUT2D eigenvalue weighted by molar-refractivity contribution is 5.33. The van der Waals surface area contributed by atoms with Crippen molar-refractivity contribution in [2.75, 3.05) is 6.61 Å². The molecule has 0 spiro atoms. The molecule has 1 aromatic carbocycles. The first-order chi connectivity index (χ1) is 16.1. The minimum Gasteiger partial charge on any atom is -0.490 e. The highest BCUT2D eigenvalue weighted by atomic mass is 19.2. The van der Waals surface area contributed by atoms with E-state index >= 15 is 0 Å². The summed E-state index contributed by atoms with van der Waals surface area (Å²) < 4.78 is 35.0. The van der Waals surface area contributed by atoms with Gasteiger partial charge in [0, 0.05) is 0 Å². The second-order valence-corrected chi connectivity index (χ2v) is 10.9. The normalized spacial score (nSPS) is 25.8. The van der Waals surface area contributed by atoms with Crippen molar-refractivity contribution in [3.05, 3.63) is 29.3 Å². The Labute approximate surface area is 202 Å². The first-order valence-corrected chi connectivity index (χ1v) is 14.2. The number of hydrogen-bond donors (Lipinski definition) is 0. The zero-order valence-electron chi connectivity index (χ0n) is 21.4. The Hall–Kier alpha value is -1.12. The van der Waals surface area contributed by atoms with E-state index in [2.05, 4.69) is 13.8 Å². The third-order valence-corrected chi connectivity index (χ3v) is 8.57. The molecule has 33 heavy (non-hydrogen) atoms. The minimum atomic E-state index is -0.789. The van der Waals surface area contributed by atoms with E-state index in [0.29, 0.717) is 12.2 Å². The van der Waals surface area contributed by atoms with Gasteiger partial charge in [-0.2, -0.15) is 4.39 Å². The molecule has 0 atom stereocenters. The zero-order chi connectivity index (χ0) is 23.5. The van der Waals surface area contributed by atoms with Crippen LogP contribution in [-0.2, 0) is 0 Å². The van der Waals surface area contributed by atoms with Gasteiger partial charge in [-0.25, -0.2) is 4.39 Å². The second kappa shape index (κ2) is 14.3. The summed E-state index contributed by atoms with van der Waals surface area (Å²) in [7, 11) is 0. The fraction of sp³-hybridized carbons (Fsp3) is 0.800. The number of unbranched alkanes of at least 4 members (excludes halogenated alkanes) is 6. The summed E-state index contributed by atoms with van der Waals surface area (Å²) in [5.74, 6) is 1.38. The molecule has 0 amide bonds. The molecule has 2 aliphatic rings. The van der Waals surface area contributed by atoms with E-state index in [4.69, 9.17) is 4.74 Å². The molecule has 2 fully saturated rings. The lowest BCUT2D eigenvalue weighted by Crippen LogP contribution is -2.25. The van der Waals surface area contributed by atoms with Crippen molar-refractivity contribution in [3.63, 3.8) is 0 Å². The van der Waals surface area contributed by atoms with Crippen LogP contribution in [0, 0.1) is 29.4 Å². The third kappa shape index (κ3) is 7.96. The van der Waals surface area contributed by atoms with Gasteiger partial charge >= 0.3 is 0 Å². The van der Waals surface area contributed by atoms with Crippen LogP contribution in [0.25, 0.3) is 0 Å². The smallest absolute Gasteiger partial charge is 0.200 e. The van der Waals surface area contributed by atoms with Gasteiger partial charge in [-0.05, 0) is 80.2 Å². The minimum absolute atomic E-state index is 0.0767. The molecule has 0 N–H and O–H groups in total. The first-order valence-electron chi connectivity index (χ1n) is 14.2. The zero-order valence-corrected chi connectivity index (χ0v) is 21.4. The average Bonchev–Trinajstić information content (AvgIpc) is 2.85. The number of halogens is 2. The van der Waals surface area contributed by atoms with Crippen molar-refractivity contribution in [1.29, 1.82) is 0 Å². The van der Waals surface area contributed by atoms with E-state index in [1.54, 1.807) is 12.1 Å². The highest BCUT2D eigenvalue weighted by Crippen LogP contribution is 2.45. The highest BCUT2D eigenvalue weighted by Gasteiger charge is 2.32. The van der Waals surface area contributed by atoms with Crippen LogP contribution in [0.15, 0.2) is 12.1 Å². The van der Waals surface area contributed by atoms with Crippen molar-refractivity contribution in [2.45, 2.75) is 129 Å². The van der Waals surface area contributed by atoms with Crippen LogP contribution < -0.4 is 4.74 Å². The molecule has 0 unspecified atom stereocenters. The second-order valence-electron chi connectivity index (χ2n) is 10.9. The Balaban J connectivity index is 1.42. The van der Waals surface area contributed by atoms with E-state index in [1.807, 2.05) is 0 Å². The van der Waals surface area contributed by atoms with Gasteiger partial charge < -0.3 is 4.74 Å². The van der Waals surface area contributed by atoms with Crippen molar-refractivity contribution in [3.8, 4) is 5.75 Å². The Kier molecular flexibility index (Phi) is 11.5. The number of ether oxygens (including phenoxy) is 1. The first kappa shape index (κ1) is 26.5. The summed E-state index contributed by atoms with van der Waals surface area (Å²) >= 11 is 0. The van der Waals surface area contributed by atoms with E-state index < -0.39 is 11.6 Å². The van der Waals surface area contributed by atoms with E-state index in [9.17, 15) is 8.78 Å². The fourth-order valence-corrected chi connectivity index (χ4v) is 6.39. The molecule has 3 rings (SSSR count). The predicted molar refractivity (Wildman–Crippen MR) is 135 cm³/mol. The molecule has 1 nitrogen and oxygen atoms in total. The molecule has 0 heterocycles. The molecular formula is C30H48F2O. The molecule has 2 saturated carbocycles. The maximum atomic E-state index is 14.9. The van der Waals surface area contributed by atoms with Crippen molar-refractivity contribution < 1.29 is 13.5 Å². The van der Waals surface area contributed by atoms with Gasteiger partial charge in [0.05, 0.1) is 6.61 Å². The molecular weight excluding hydrogens is 414 g/mol. The van der Waals surface area contributed by atoms with Gasteiger partial charge in [0.1, 0.15) is 0 Å². The summed E-state index contributed by atoms with van der Waals surface area (Å²) in [5, 5.41) is 0. The van der Waals surface area contributed by atoms with Gasteiger partial charge in [-0.15, -0.1) is 0 Å². The van der Waals surface area contributed by atoms with E-state index in [-0.39, 0.29) is 11.7 Å². The Morgan fingerprint density at radius 1 is 0.697 bits per heavy atom. The van der Waals surface area contributed by atoms with Crippen molar-refractivity contribution >= 4 is 0 Å². The van der Waals surface area contributed by atoms with Crippen molar-refractivity contribution in [1.82, 2.24) is 0 Å². The maximum Gasteiger partial charge on any atom is 0.200 e. The topological polar surface area (TPSA) is 9.23 Å². The third-order valence-electron chi connectivity index (χ3n) is 8.57. The Morgan fingerprint density at radius 2 is 1.30 bits per heavy atom. The summed E-state index contributed by atoms with van der Waals surface area (Å²) in [5.41, 5.74) is 0.570. The van der Waals surface area contributed by atoms with Crippen LogP contribution in [0.2, 0.25) is 0 Å². The average molecular weight is 463 g/mol. The van der Waals surface area contributed by atoms with Crippen molar-refractivity contribution in [2.24, 2.45) is 17.8 Å². The molecule has 0 radical (unpaired) electrons. The van der Waals surface area contributed by atoms with E-state index in [1.165, 1.54) is 70.6 Å². The van der Waals surface area contributed by atoms with Crippen LogP contribution in [0.4, 0.5) is 8.78 Å². The summed E-state index contributed by atoms with van der Waals surface area (Å²) in [4.78, 5) is 0. The standard InChI is InChI=1S/C30H48F2O/c1-3-5-7-9-11-23-12-14-24(15-13-23)25-16-18-26(19-17-25)27-20-21-28(30(32)29(27)31)33-22-10-8-6-4-2/h20-21,23-26H,3-19,22H2,1-2H3. The summed E-state index contributed by atoms with van der Waals surface area (Å²) in [6.45, 7) is 4.90. The SMILES string of the molecule is CCCCCCOc1ccc(C2CCC(C3CCC(CCCCCC)CC3)CC2)c(F)c1F. The van der Waals surface area contributed by atoms with Crippen LogP contribution in [-0.4, -0.2) is 6.61 Å². The molecule has 188 valence electrons. The number of hydrogen-bond acceptors (Lipinski definition) is 1. The van der Waals surface area contributed by atoms with Gasteiger partial charge in [0.2, 0.25) is 5.82 Å². The molecule has 0 aliphatic heterocycles. The fourth-order valence-electron chi connectivity index (χ4n) is 6.39. The maximum absolute atomic E-state index is 14.9. The number of rotatable bonds is 13. The van der Waals surface area contributed by atoms with Gasteiger partial charge in [-0.1, -0.05) is 84.1 Å². The quantitative estimate of drug-likeness (QED) is 0.265. The Morgan fingerprint density at radius 3 is 1.94 bits per heavy atom. The lowest BCUT2D eigenvalue weighted by Gasteiger charge is -2.38. The largest absolute Gasteiger partial charge is 0.490 e. The van der Waals surface area contributed by atoms with Gasteiger partial charge in [0.25, 0.3) is 0 Å². The summed E-state index contributed by atoms with van der Waals surface area (Å²) in [6.07, 6.45) is 21.2.